The van der Waals surface area contributed by atoms with Gasteiger partial charge in [0.15, 0.2) is 0 Å². The van der Waals surface area contributed by atoms with Gasteiger partial charge in [-0.15, -0.1) is 0 Å². The highest BCUT2D eigenvalue weighted by molar-refractivity contribution is 5.27. The molecule has 0 spiro atoms. The molecule has 19 heavy (non-hydrogen) atoms. The first kappa shape index (κ1) is 13.1. The van der Waals surface area contributed by atoms with Crippen molar-refractivity contribution in [1.82, 2.24) is 10.6 Å². The molecule has 2 nitrogen and oxygen atoms in total. The molecule has 0 unspecified atom stereocenters. The Balaban J connectivity index is 1.76. The molecule has 104 valence electrons. The number of hydrogen-bond donors (Lipinski definition) is 2. The third kappa shape index (κ3) is 2.70. The molecule has 1 saturated carbocycles. The van der Waals surface area contributed by atoms with Gasteiger partial charge in [0.1, 0.15) is 0 Å². The molecule has 0 bridgehead atoms. The van der Waals surface area contributed by atoms with E-state index in [2.05, 4.69) is 47.9 Å². The van der Waals surface area contributed by atoms with Gasteiger partial charge in [0.2, 0.25) is 0 Å². The Morgan fingerprint density at radius 3 is 2.32 bits per heavy atom. The summed E-state index contributed by atoms with van der Waals surface area (Å²) in [5, 5.41) is 7.38. The van der Waals surface area contributed by atoms with Crippen molar-refractivity contribution in [3.63, 3.8) is 0 Å². The molecule has 1 aromatic carbocycles. The topological polar surface area (TPSA) is 24.1 Å². The predicted molar refractivity (Wildman–Crippen MR) is 80.5 cm³/mol. The van der Waals surface area contributed by atoms with Crippen LogP contribution in [0.1, 0.15) is 44.6 Å². The minimum absolute atomic E-state index is 0.338. The van der Waals surface area contributed by atoms with Crippen molar-refractivity contribution in [1.29, 1.82) is 0 Å². The molecule has 3 rings (SSSR count). The Kier molecular flexibility index (Phi) is 3.64. The van der Waals surface area contributed by atoms with E-state index in [-0.39, 0.29) is 0 Å². The van der Waals surface area contributed by atoms with Crippen LogP contribution in [0.5, 0.6) is 0 Å². The number of piperidine rings is 1. The van der Waals surface area contributed by atoms with Crippen molar-refractivity contribution in [2.75, 3.05) is 19.6 Å². The van der Waals surface area contributed by atoms with Gasteiger partial charge >= 0.3 is 0 Å². The van der Waals surface area contributed by atoms with Crippen LogP contribution in [-0.4, -0.2) is 25.2 Å². The third-order valence-corrected chi connectivity index (χ3v) is 5.26. The van der Waals surface area contributed by atoms with Gasteiger partial charge in [-0.05, 0) is 57.7 Å². The molecule has 1 aliphatic heterocycles. The molecule has 2 fully saturated rings. The van der Waals surface area contributed by atoms with E-state index in [1.807, 2.05) is 0 Å². The van der Waals surface area contributed by atoms with Gasteiger partial charge in [-0.25, -0.2) is 0 Å². The summed E-state index contributed by atoms with van der Waals surface area (Å²) in [6.45, 7) is 5.81. The number of benzene rings is 1. The molecule has 1 heterocycles. The number of hydrogen-bond acceptors (Lipinski definition) is 2. The Morgan fingerprint density at radius 1 is 1.05 bits per heavy atom. The van der Waals surface area contributed by atoms with Crippen LogP contribution in [0.2, 0.25) is 0 Å². The summed E-state index contributed by atoms with van der Waals surface area (Å²) in [5.74, 6) is 0. The van der Waals surface area contributed by atoms with Crippen LogP contribution in [-0.2, 0) is 5.41 Å². The Labute approximate surface area is 117 Å². The lowest BCUT2D eigenvalue weighted by Gasteiger charge is -2.45. The fourth-order valence-electron chi connectivity index (χ4n) is 3.53. The van der Waals surface area contributed by atoms with Crippen molar-refractivity contribution in [2.45, 2.75) is 50.0 Å². The summed E-state index contributed by atoms with van der Waals surface area (Å²) in [5.41, 5.74) is 2.27. The SMILES string of the molecule is CC1(NCC2(c3ccccc3)CCNCC2)CCC1. The van der Waals surface area contributed by atoms with E-state index in [0.717, 1.165) is 19.6 Å². The van der Waals surface area contributed by atoms with Crippen molar-refractivity contribution in [3.05, 3.63) is 35.9 Å². The molecule has 1 saturated heterocycles. The van der Waals surface area contributed by atoms with E-state index in [4.69, 9.17) is 0 Å². The van der Waals surface area contributed by atoms with Crippen LogP contribution in [0.4, 0.5) is 0 Å². The quantitative estimate of drug-likeness (QED) is 0.868. The number of nitrogens with one attached hydrogen (secondary N) is 2. The fraction of sp³-hybridized carbons (Fsp3) is 0.647. The third-order valence-electron chi connectivity index (χ3n) is 5.26. The van der Waals surface area contributed by atoms with Crippen molar-refractivity contribution in [3.8, 4) is 0 Å². The minimum Gasteiger partial charge on any atom is -0.317 e. The highest BCUT2D eigenvalue weighted by Gasteiger charge is 2.38. The zero-order valence-corrected chi connectivity index (χ0v) is 12.0. The van der Waals surface area contributed by atoms with Crippen LogP contribution in [0.15, 0.2) is 30.3 Å². The maximum Gasteiger partial charge on any atom is 0.0153 e. The van der Waals surface area contributed by atoms with Gasteiger partial charge in [0, 0.05) is 17.5 Å². The molecule has 0 radical (unpaired) electrons. The summed E-state index contributed by atoms with van der Waals surface area (Å²) in [6, 6.07) is 11.1. The van der Waals surface area contributed by atoms with Gasteiger partial charge in [0.25, 0.3) is 0 Å². The monoisotopic (exact) mass is 258 g/mol. The van der Waals surface area contributed by atoms with E-state index in [1.165, 1.54) is 37.7 Å². The first-order valence-corrected chi connectivity index (χ1v) is 7.74. The minimum atomic E-state index is 0.338. The molecule has 2 heteroatoms. The Hall–Kier alpha value is -0.860. The average molecular weight is 258 g/mol. The van der Waals surface area contributed by atoms with Crippen LogP contribution >= 0.6 is 0 Å². The Bertz CT molecular complexity index is 403. The second-order valence-corrected chi connectivity index (χ2v) is 6.66. The highest BCUT2D eigenvalue weighted by Crippen LogP contribution is 2.36. The summed E-state index contributed by atoms with van der Waals surface area (Å²) in [7, 11) is 0. The average Bonchev–Trinajstić information content (AvgIpc) is 2.45. The van der Waals surface area contributed by atoms with Gasteiger partial charge < -0.3 is 10.6 Å². The van der Waals surface area contributed by atoms with Crippen molar-refractivity contribution >= 4 is 0 Å². The van der Waals surface area contributed by atoms with Crippen LogP contribution in [0.25, 0.3) is 0 Å². The lowest BCUT2D eigenvalue weighted by atomic mass is 9.71. The lowest BCUT2D eigenvalue weighted by Crippen LogP contribution is -2.55. The van der Waals surface area contributed by atoms with Crippen LogP contribution < -0.4 is 10.6 Å². The van der Waals surface area contributed by atoms with E-state index in [0.29, 0.717) is 11.0 Å². The van der Waals surface area contributed by atoms with Gasteiger partial charge in [-0.1, -0.05) is 30.3 Å². The van der Waals surface area contributed by atoms with Crippen LogP contribution in [0, 0.1) is 0 Å². The largest absolute Gasteiger partial charge is 0.317 e. The molecular weight excluding hydrogens is 232 g/mol. The standard InChI is InChI=1S/C17H26N2/c1-16(8-5-9-16)19-14-17(10-12-18-13-11-17)15-6-3-2-4-7-15/h2-4,6-7,18-19H,5,8-14H2,1H3. The van der Waals surface area contributed by atoms with Crippen LogP contribution in [0.3, 0.4) is 0 Å². The smallest absolute Gasteiger partial charge is 0.0153 e. The maximum absolute atomic E-state index is 3.88. The molecule has 2 aliphatic rings. The summed E-state index contributed by atoms with van der Waals surface area (Å²) in [6.07, 6.45) is 6.58. The molecular formula is C17H26N2. The van der Waals surface area contributed by atoms with E-state index in [9.17, 15) is 0 Å². The first-order chi connectivity index (χ1) is 9.23. The maximum atomic E-state index is 3.88. The molecule has 0 atom stereocenters. The molecule has 1 aliphatic carbocycles. The summed E-state index contributed by atoms with van der Waals surface area (Å²) in [4.78, 5) is 0. The first-order valence-electron chi connectivity index (χ1n) is 7.74. The molecule has 0 amide bonds. The van der Waals surface area contributed by atoms with Gasteiger partial charge in [-0.2, -0.15) is 0 Å². The van der Waals surface area contributed by atoms with E-state index >= 15 is 0 Å². The molecule has 0 aromatic heterocycles. The van der Waals surface area contributed by atoms with Gasteiger partial charge in [0.05, 0.1) is 0 Å². The summed E-state index contributed by atoms with van der Waals surface area (Å²) >= 11 is 0. The van der Waals surface area contributed by atoms with Crippen molar-refractivity contribution < 1.29 is 0 Å². The highest BCUT2D eigenvalue weighted by atomic mass is 15.0. The predicted octanol–water partition coefficient (Wildman–Crippen LogP) is 2.84. The summed E-state index contributed by atoms with van der Waals surface area (Å²) < 4.78 is 0. The van der Waals surface area contributed by atoms with E-state index < -0.39 is 0 Å². The Morgan fingerprint density at radius 2 is 1.74 bits per heavy atom. The van der Waals surface area contributed by atoms with Crippen molar-refractivity contribution in [2.24, 2.45) is 0 Å². The fourth-order valence-corrected chi connectivity index (χ4v) is 3.53. The lowest BCUT2D eigenvalue weighted by molar-refractivity contribution is 0.175. The zero-order valence-electron chi connectivity index (χ0n) is 12.0. The zero-order chi connectivity index (χ0) is 13.2. The second kappa shape index (κ2) is 5.26. The molecule has 1 aromatic rings. The second-order valence-electron chi connectivity index (χ2n) is 6.66. The van der Waals surface area contributed by atoms with Gasteiger partial charge in [-0.3, -0.25) is 0 Å². The van der Waals surface area contributed by atoms with E-state index in [1.54, 1.807) is 0 Å². The normalized spacial score (nSPS) is 24.7. The number of rotatable bonds is 4. The molecule has 2 N–H and O–H groups in total.